The van der Waals surface area contributed by atoms with Gasteiger partial charge < -0.3 is 20.7 Å². The van der Waals surface area contributed by atoms with Crippen molar-refractivity contribution in [3.63, 3.8) is 0 Å². The minimum atomic E-state index is -0.445. The van der Waals surface area contributed by atoms with E-state index in [0.29, 0.717) is 22.0 Å². The number of likely N-dealkylation sites (N-methyl/N-ethyl adjacent to an activating group) is 1. The van der Waals surface area contributed by atoms with Crippen LogP contribution in [0.1, 0.15) is 29.6 Å². The van der Waals surface area contributed by atoms with Crippen LogP contribution in [-0.2, 0) is 4.74 Å². The minimum absolute atomic E-state index is 0.123. The van der Waals surface area contributed by atoms with E-state index in [0.717, 1.165) is 19.4 Å². The third-order valence-corrected chi connectivity index (χ3v) is 4.64. The van der Waals surface area contributed by atoms with Gasteiger partial charge in [0, 0.05) is 17.8 Å². The summed E-state index contributed by atoms with van der Waals surface area (Å²) in [5, 5.41) is 3.75. The summed E-state index contributed by atoms with van der Waals surface area (Å²) in [4.78, 5) is 14.1. The summed E-state index contributed by atoms with van der Waals surface area (Å²) in [5.74, 6) is -0.445. The number of halogens is 1. The van der Waals surface area contributed by atoms with Crippen molar-refractivity contribution in [2.75, 3.05) is 38.8 Å². The van der Waals surface area contributed by atoms with Crippen molar-refractivity contribution in [1.82, 2.24) is 4.90 Å². The molecule has 0 aromatic heterocycles. The first-order valence-corrected chi connectivity index (χ1v) is 7.36. The first kappa shape index (κ1) is 15.9. The first-order chi connectivity index (χ1) is 9.89. The van der Waals surface area contributed by atoms with Gasteiger partial charge in [-0.1, -0.05) is 11.6 Å². The fourth-order valence-corrected chi connectivity index (χ4v) is 2.99. The molecule has 0 atom stereocenters. The van der Waals surface area contributed by atoms with Crippen LogP contribution in [0.15, 0.2) is 12.1 Å². The smallest absolute Gasteiger partial charge is 0.340 e. The molecule has 1 aromatic carbocycles. The van der Waals surface area contributed by atoms with Crippen molar-refractivity contribution in [2.24, 2.45) is 0 Å². The van der Waals surface area contributed by atoms with Gasteiger partial charge in [-0.25, -0.2) is 4.79 Å². The average Bonchev–Trinajstić information content (AvgIpc) is 2.37. The molecule has 116 valence electrons. The molecule has 0 saturated heterocycles. The number of nitrogens with one attached hydrogen (secondary N) is 1. The highest BCUT2D eigenvalue weighted by atomic mass is 35.5. The maximum Gasteiger partial charge on any atom is 0.340 e. The van der Waals surface area contributed by atoms with Crippen LogP contribution in [0.25, 0.3) is 0 Å². The number of hydrogen-bond donors (Lipinski definition) is 2. The molecule has 1 saturated carbocycles. The molecular weight excluding hydrogens is 290 g/mol. The second-order valence-electron chi connectivity index (χ2n) is 5.74. The molecule has 0 radical (unpaired) electrons. The zero-order chi connectivity index (χ0) is 15.6. The third-order valence-electron chi connectivity index (χ3n) is 4.35. The van der Waals surface area contributed by atoms with Gasteiger partial charge in [-0.15, -0.1) is 0 Å². The van der Waals surface area contributed by atoms with Crippen molar-refractivity contribution >= 4 is 28.9 Å². The largest absolute Gasteiger partial charge is 0.465 e. The van der Waals surface area contributed by atoms with Gasteiger partial charge in [-0.3, -0.25) is 0 Å². The van der Waals surface area contributed by atoms with Crippen molar-refractivity contribution in [2.45, 2.75) is 24.8 Å². The summed E-state index contributed by atoms with van der Waals surface area (Å²) < 4.78 is 4.80. The Labute approximate surface area is 130 Å². The predicted molar refractivity (Wildman–Crippen MR) is 86.0 cm³/mol. The number of nitrogen functional groups attached to an aromatic ring is 1. The normalized spacial score (nSPS) is 16.4. The number of nitrogens with two attached hydrogens (primary N) is 1. The molecule has 0 amide bonds. The lowest BCUT2D eigenvalue weighted by atomic mass is 9.75. The number of hydrogen-bond acceptors (Lipinski definition) is 5. The van der Waals surface area contributed by atoms with Crippen LogP contribution in [0.2, 0.25) is 5.02 Å². The Bertz CT molecular complexity index is 542. The Morgan fingerprint density at radius 1 is 1.48 bits per heavy atom. The quantitative estimate of drug-likeness (QED) is 0.646. The van der Waals surface area contributed by atoms with E-state index >= 15 is 0 Å². The summed E-state index contributed by atoms with van der Waals surface area (Å²) in [5.41, 5.74) is 7.28. The molecule has 1 aliphatic carbocycles. The Kier molecular flexibility index (Phi) is 4.64. The maximum absolute atomic E-state index is 11.9. The standard InChI is InChI=1S/C15H22ClN3O2/c1-19(2)15(5-4-6-15)9-18-13-11(14(20)21-3)7-10(17)8-12(13)16/h7-8,18H,4-6,9,17H2,1-3H3. The molecular formula is C15H22ClN3O2. The lowest BCUT2D eigenvalue weighted by Crippen LogP contribution is -2.54. The second kappa shape index (κ2) is 6.12. The van der Waals surface area contributed by atoms with E-state index in [-0.39, 0.29) is 5.54 Å². The summed E-state index contributed by atoms with van der Waals surface area (Å²) in [6.07, 6.45) is 3.49. The van der Waals surface area contributed by atoms with Gasteiger partial charge >= 0.3 is 5.97 Å². The van der Waals surface area contributed by atoms with Gasteiger partial charge in [0.1, 0.15) is 0 Å². The fraction of sp³-hybridized carbons (Fsp3) is 0.533. The Hall–Kier alpha value is -1.46. The first-order valence-electron chi connectivity index (χ1n) is 6.98. The van der Waals surface area contributed by atoms with Gasteiger partial charge in [0.15, 0.2) is 0 Å². The molecule has 1 fully saturated rings. The van der Waals surface area contributed by atoms with Gasteiger partial charge in [0.25, 0.3) is 0 Å². The highest BCUT2D eigenvalue weighted by Crippen LogP contribution is 2.37. The number of rotatable bonds is 5. The zero-order valence-corrected chi connectivity index (χ0v) is 13.5. The molecule has 0 spiro atoms. The number of anilines is 2. The van der Waals surface area contributed by atoms with Crippen molar-refractivity contribution in [3.05, 3.63) is 22.7 Å². The highest BCUT2D eigenvalue weighted by molar-refractivity contribution is 6.34. The Morgan fingerprint density at radius 3 is 2.62 bits per heavy atom. The van der Waals surface area contributed by atoms with E-state index in [9.17, 15) is 4.79 Å². The van der Waals surface area contributed by atoms with Crippen LogP contribution in [0.3, 0.4) is 0 Å². The van der Waals surface area contributed by atoms with Crippen LogP contribution < -0.4 is 11.1 Å². The van der Waals surface area contributed by atoms with Gasteiger partial charge in [0.2, 0.25) is 0 Å². The maximum atomic E-state index is 11.9. The highest BCUT2D eigenvalue weighted by Gasteiger charge is 2.39. The van der Waals surface area contributed by atoms with E-state index < -0.39 is 5.97 Å². The number of carbonyl (C=O) groups is 1. The molecule has 0 aliphatic heterocycles. The monoisotopic (exact) mass is 311 g/mol. The van der Waals surface area contributed by atoms with Gasteiger partial charge in [-0.2, -0.15) is 0 Å². The number of benzene rings is 1. The van der Waals surface area contributed by atoms with Crippen LogP contribution in [0, 0.1) is 0 Å². The Balaban J connectivity index is 2.25. The van der Waals surface area contributed by atoms with E-state index in [1.807, 2.05) is 0 Å². The molecule has 0 unspecified atom stereocenters. The zero-order valence-electron chi connectivity index (χ0n) is 12.7. The molecule has 1 aliphatic rings. The van der Waals surface area contributed by atoms with E-state index in [1.54, 1.807) is 12.1 Å². The number of ether oxygens (including phenoxy) is 1. The lowest BCUT2D eigenvalue weighted by molar-refractivity contribution is 0.0600. The fourth-order valence-electron chi connectivity index (χ4n) is 2.70. The molecule has 0 bridgehead atoms. The van der Waals surface area contributed by atoms with E-state index in [4.69, 9.17) is 22.1 Å². The van der Waals surface area contributed by atoms with E-state index in [2.05, 4.69) is 24.3 Å². The Morgan fingerprint density at radius 2 is 2.14 bits per heavy atom. The topological polar surface area (TPSA) is 67.6 Å². The van der Waals surface area contributed by atoms with Crippen molar-refractivity contribution in [1.29, 1.82) is 0 Å². The van der Waals surface area contributed by atoms with Crippen LogP contribution >= 0.6 is 11.6 Å². The van der Waals surface area contributed by atoms with Gasteiger partial charge in [-0.05, 0) is 45.5 Å². The van der Waals surface area contributed by atoms with Crippen LogP contribution in [-0.4, -0.2) is 44.2 Å². The molecule has 1 aromatic rings. The molecule has 21 heavy (non-hydrogen) atoms. The molecule has 5 nitrogen and oxygen atoms in total. The SMILES string of the molecule is COC(=O)c1cc(N)cc(Cl)c1NCC1(N(C)C)CCC1. The third kappa shape index (κ3) is 3.09. The van der Waals surface area contributed by atoms with Crippen LogP contribution in [0.5, 0.6) is 0 Å². The number of esters is 1. The number of methoxy groups -OCH3 is 1. The van der Waals surface area contributed by atoms with Gasteiger partial charge in [0.05, 0.1) is 23.4 Å². The molecule has 3 N–H and O–H groups in total. The summed E-state index contributed by atoms with van der Waals surface area (Å²) in [6.45, 7) is 0.730. The van der Waals surface area contributed by atoms with Crippen molar-refractivity contribution < 1.29 is 9.53 Å². The summed E-state index contributed by atoms with van der Waals surface area (Å²) >= 11 is 6.24. The predicted octanol–water partition coefficient (Wildman–Crippen LogP) is 2.61. The lowest BCUT2D eigenvalue weighted by Gasteiger charge is -2.47. The average molecular weight is 312 g/mol. The number of nitrogens with zero attached hydrogens (tertiary/aromatic N) is 1. The summed E-state index contributed by atoms with van der Waals surface area (Å²) in [7, 11) is 5.50. The number of carbonyl (C=O) groups excluding carboxylic acids is 1. The molecule has 2 rings (SSSR count). The van der Waals surface area contributed by atoms with Crippen molar-refractivity contribution in [3.8, 4) is 0 Å². The summed E-state index contributed by atoms with van der Waals surface area (Å²) in [6, 6.07) is 3.22. The minimum Gasteiger partial charge on any atom is -0.465 e. The van der Waals surface area contributed by atoms with E-state index in [1.165, 1.54) is 13.5 Å². The van der Waals surface area contributed by atoms with Crippen LogP contribution in [0.4, 0.5) is 11.4 Å². The molecule has 6 heteroatoms. The molecule has 0 heterocycles. The second-order valence-corrected chi connectivity index (χ2v) is 6.15.